The molecule has 3 nitrogen and oxygen atoms in total. The summed E-state index contributed by atoms with van der Waals surface area (Å²) in [5, 5.41) is 3.17. The zero-order valence-corrected chi connectivity index (χ0v) is 16.1. The van der Waals surface area contributed by atoms with Gasteiger partial charge in [0, 0.05) is 13.1 Å². The van der Waals surface area contributed by atoms with Crippen LogP contribution < -0.4 is 5.32 Å². The first-order chi connectivity index (χ1) is 12.1. The molecule has 0 radical (unpaired) electrons. The number of carbonyl (C=O) groups is 1. The highest BCUT2D eigenvalue weighted by atomic mass is 35.5. The second-order valence-corrected chi connectivity index (χ2v) is 6.88. The molecular weight excluding hydrogens is 351 g/mol. The van der Waals surface area contributed by atoms with Crippen molar-refractivity contribution in [3.8, 4) is 11.1 Å². The molecule has 0 aromatic heterocycles. The number of likely N-dealkylation sites (tertiary alicyclic amines) is 1. The molecule has 1 saturated heterocycles. The lowest BCUT2D eigenvalue weighted by Crippen LogP contribution is -2.42. The zero-order chi connectivity index (χ0) is 17.8. The molecule has 0 aliphatic carbocycles. The van der Waals surface area contributed by atoms with Crippen molar-refractivity contribution in [1.29, 1.82) is 0 Å². The molecule has 140 valence electrons. The SMILES string of the molecule is CNCC1CCCN(C(=O)c2ccc(-c3ccc(C)cc3)cc2F)C1.Cl. The van der Waals surface area contributed by atoms with Crippen molar-refractivity contribution in [3.63, 3.8) is 0 Å². The molecule has 1 amide bonds. The van der Waals surface area contributed by atoms with E-state index in [1.165, 1.54) is 6.07 Å². The Hall–Kier alpha value is -1.91. The first-order valence-corrected chi connectivity index (χ1v) is 8.89. The Morgan fingerprint density at radius 3 is 2.54 bits per heavy atom. The molecule has 1 fully saturated rings. The predicted molar refractivity (Wildman–Crippen MR) is 106 cm³/mol. The highest BCUT2D eigenvalue weighted by Crippen LogP contribution is 2.24. The van der Waals surface area contributed by atoms with Crippen LogP contribution in [0.5, 0.6) is 0 Å². The third kappa shape index (κ3) is 4.63. The number of carbonyl (C=O) groups excluding carboxylic acids is 1. The van der Waals surface area contributed by atoms with Gasteiger partial charge in [0.1, 0.15) is 5.82 Å². The summed E-state index contributed by atoms with van der Waals surface area (Å²) in [5.41, 5.74) is 3.08. The van der Waals surface area contributed by atoms with Gasteiger partial charge in [-0.1, -0.05) is 35.9 Å². The van der Waals surface area contributed by atoms with Crippen molar-refractivity contribution in [2.75, 3.05) is 26.7 Å². The van der Waals surface area contributed by atoms with Crippen LogP contribution in [-0.2, 0) is 0 Å². The van der Waals surface area contributed by atoms with Gasteiger partial charge in [0.15, 0.2) is 0 Å². The van der Waals surface area contributed by atoms with Gasteiger partial charge in [-0.05, 0) is 62.5 Å². The lowest BCUT2D eigenvalue weighted by molar-refractivity contribution is 0.0669. The van der Waals surface area contributed by atoms with Crippen molar-refractivity contribution < 1.29 is 9.18 Å². The van der Waals surface area contributed by atoms with E-state index in [4.69, 9.17) is 0 Å². The van der Waals surface area contributed by atoms with Gasteiger partial charge in [-0.3, -0.25) is 4.79 Å². The van der Waals surface area contributed by atoms with E-state index in [2.05, 4.69) is 5.32 Å². The molecule has 1 unspecified atom stereocenters. The second kappa shape index (κ2) is 9.15. The fraction of sp³-hybridized carbons (Fsp3) is 0.381. The summed E-state index contributed by atoms with van der Waals surface area (Å²) in [5.74, 6) is -0.204. The van der Waals surface area contributed by atoms with Crippen LogP contribution in [0, 0.1) is 18.7 Å². The molecule has 3 rings (SSSR count). The van der Waals surface area contributed by atoms with Gasteiger partial charge in [0.05, 0.1) is 5.56 Å². The van der Waals surface area contributed by atoms with Crippen LogP contribution in [0.1, 0.15) is 28.8 Å². The number of nitrogens with zero attached hydrogens (tertiary/aromatic N) is 1. The summed E-state index contributed by atoms with van der Waals surface area (Å²) in [6, 6.07) is 12.9. The molecule has 1 N–H and O–H groups in total. The molecule has 26 heavy (non-hydrogen) atoms. The highest BCUT2D eigenvalue weighted by Gasteiger charge is 2.25. The summed E-state index contributed by atoms with van der Waals surface area (Å²) in [7, 11) is 1.92. The topological polar surface area (TPSA) is 32.3 Å². The Bertz CT molecular complexity index is 746. The number of hydrogen-bond donors (Lipinski definition) is 1. The third-order valence-electron chi connectivity index (χ3n) is 4.88. The highest BCUT2D eigenvalue weighted by molar-refractivity contribution is 5.95. The van der Waals surface area contributed by atoms with Crippen LogP contribution in [0.2, 0.25) is 0 Å². The van der Waals surface area contributed by atoms with Crippen molar-refractivity contribution >= 4 is 18.3 Å². The summed E-state index contributed by atoms with van der Waals surface area (Å²) in [4.78, 5) is 14.5. The van der Waals surface area contributed by atoms with Crippen molar-refractivity contribution in [2.45, 2.75) is 19.8 Å². The van der Waals surface area contributed by atoms with E-state index < -0.39 is 5.82 Å². The van der Waals surface area contributed by atoms with Crippen LogP contribution in [0.15, 0.2) is 42.5 Å². The summed E-state index contributed by atoms with van der Waals surface area (Å²) in [6.45, 7) is 4.31. The fourth-order valence-electron chi connectivity index (χ4n) is 3.49. The molecule has 0 saturated carbocycles. The monoisotopic (exact) mass is 376 g/mol. The molecule has 1 atom stereocenters. The van der Waals surface area contributed by atoms with Gasteiger partial charge in [-0.2, -0.15) is 0 Å². The minimum absolute atomic E-state index is 0. The number of benzene rings is 2. The Kier molecular flexibility index (Phi) is 7.18. The zero-order valence-electron chi connectivity index (χ0n) is 15.3. The third-order valence-corrected chi connectivity index (χ3v) is 4.88. The number of hydrogen-bond acceptors (Lipinski definition) is 2. The van der Waals surface area contributed by atoms with Gasteiger partial charge in [-0.25, -0.2) is 4.39 Å². The normalized spacial score (nSPS) is 16.9. The van der Waals surface area contributed by atoms with Crippen LogP contribution in [0.25, 0.3) is 11.1 Å². The van der Waals surface area contributed by atoms with E-state index in [0.717, 1.165) is 36.1 Å². The van der Waals surface area contributed by atoms with Crippen molar-refractivity contribution in [1.82, 2.24) is 10.2 Å². The maximum atomic E-state index is 14.6. The molecular formula is C21H26ClFN2O. The van der Waals surface area contributed by atoms with Gasteiger partial charge < -0.3 is 10.2 Å². The first-order valence-electron chi connectivity index (χ1n) is 8.89. The number of amides is 1. The van der Waals surface area contributed by atoms with Gasteiger partial charge in [0.25, 0.3) is 5.91 Å². The van der Waals surface area contributed by atoms with Gasteiger partial charge in [-0.15, -0.1) is 12.4 Å². The average Bonchev–Trinajstić information content (AvgIpc) is 2.62. The summed E-state index contributed by atoms with van der Waals surface area (Å²) < 4.78 is 14.6. The molecule has 2 aromatic rings. The number of piperidine rings is 1. The minimum Gasteiger partial charge on any atom is -0.338 e. The van der Waals surface area contributed by atoms with Crippen LogP contribution in [0.3, 0.4) is 0 Å². The Balaban J connectivity index is 0.00000243. The van der Waals surface area contributed by atoms with E-state index in [0.29, 0.717) is 19.0 Å². The van der Waals surface area contributed by atoms with Gasteiger partial charge in [0.2, 0.25) is 0 Å². The Labute approximate surface area is 161 Å². The van der Waals surface area contributed by atoms with Crippen molar-refractivity contribution in [3.05, 3.63) is 59.4 Å². The molecule has 1 heterocycles. The predicted octanol–water partition coefficient (Wildman–Crippen LogP) is 4.29. The summed E-state index contributed by atoms with van der Waals surface area (Å²) >= 11 is 0. The lowest BCUT2D eigenvalue weighted by Gasteiger charge is -2.32. The fourth-order valence-corrected chi connectivity index (χ4v) is 3.49. The lowest BCUT2D eigenvalue weighted by atomic mass is 9.96. The molecule has 1 aliphatic heterocycles. The van der Waals surface area contributed by atoms with E-state index in [1.807, 2.05) is 44.3 Å². The standard InChI is InChI=1S/C21H25FN2O.ClH/c1-15-5-7-17(8-6-15)18-9-10-19(20(22)12-18)21(25)24-11-3-4-16(14-24)13-23-2;/h5-10,12,16,23H,3-4,11,13-14H2,1-2H3;1H. The van der Waals surface area contributed by atoms with Crippen LogP contribution in [-0.4, -0.2) is 37.5 Å². The maximum Gasteiger partial charge on any atom is 0.256 e. The summed E-state index contributed by atoms with van der Waals surface area (Å²) in [6.07, 6.45) is 2.08. The second-order valence-electron chi connectivity index (χ2n) is 6.88. The molecule has 0 bridgehead atoms. The molecule has 1 aliphatic rings. The van der Waals surface area contributed by atoms with E-state index >= 15 is 0 Å². The minimum atomic E-state index is -0.446. The van der Waals surface area contributed by atoms with E-state index in [-0.39, 0.29) is 23.9 Å². The number of halogens is 2. The largest absolute Gasteiger partial charge is 0.338 e. The molecule has 2 aromatic carbocycles. The van der Waals surface area contributed by atoms with E-state index in [9.17, 15) is 9.18 Å². The maximum absolute atomic E-state index is 14.6. The Morgan fingerprint density at radius 2 is 1.88 bits per heavy atom. The molecule has 5 heteroatoms. The number of rotatable bonds is 4. The van der Waals surface area contributed by atoms with Crippen molar-refractivity contribution in [2.24, 2.45) is 5.92 Å². The average molecular weight is 377 g/mol. The number of nitrogens with one attached hydrogen (secondary N) is 1. The number of aryl methyl sites for hydroxylation is 1. The smallest absolute Gasteiger partial charge is 0.256 e. The van der Waals surface area contributed by atoms with E-state index in [1.54, 1.807) is 11.0 Å². The van der Waals surface area contributed by atoms with Gasteiger partial charge >= 0.3 is 0 Å². The Morgan fingerprint density at radius 1 is 1.19 bits per heavy atom. The quantitative estimate of drug-likeness (QED) is 0.863. The van der Waals surface area contributed by atoms with Crippen LogP contribution in [0.4, 0.5) is 4.39 Å². The first kappa shape index (κ1) is 20.4. The molecule has 0 spiro atoms. The van der Waals surface area contributed by atoms with Crippen LogP contribution >= 0.6 is 12.4 Å².